The Labute approximate surface area is 183 Å². The molecule has 1 heterocycles. The molecule has 0 fully saturated rings. The van der Waals surface area contributed by atoms with Crippen molar-refractivity contribution in [3.63, 3.8) is 0 Å². The molecule has 0 N–H and O–H groups in total. The topological polar surface area (TPSA) is 107 Å². The monoisotopic (exact) mass is 427 g/mol. The molecule has 0 aromatic heterocycles. The molecule has 0 saturated carbocycles. The van der Waals surface area contributed by atoms with E-state index in [1.807, 2.05) is 30.3 Å². The van der Waals surface area contributed by atoms with Crippen LogP contribution in [0.3, 0.4) is 0 Å². The number of hydrogen-bond donors (Lipinski definition) is 0. The van der Waals surface area contributed by atoms with Crippen LogP contribution >= 0.6 is 0 Å². The highest BCUT2D eigenvalue weighted by atomic mass is 16.6. The summed E-state index contributed by atoms with van der Waals surface area (Å²) in [6, 6.07) is 19.8. The van der Waals surface area contributed by atoms with Crippen molar-refractivity contribution in [3.05, 3.63) is 121 Å². The van der Waals surface area contributed by atoms with Crippen LogP contribution in [0, 0.1) is 27.2 Å². The van der Waals surface area contributed by atoms with Gasteiger partial charge in [0, 0.05) is 29.3 Å². The van der Waals surface area contributed by atoms with E-state index in [9.17, 15) is 25.0 Å². The Balaban J connectivity index is 1.81. The van der Waals surface area contributed by atoms with Crippen molar-refractivity contribution >= 4 is 34.7 Å². The summed E-state index contributed by atoms with van der Waals surface area (Å²) in [6.45, 7) is 1.64. The maximum absolute atomic E-state index is 13.4. The first kappa shape index (κ1) is 20.7. The molecule has 0 aliphatic carbocycles. The van der Waals surface area contributed by atoms with Crippen LogP contribution in [0.1, 0.15) is 16.7 Å². The molecule has 1 amide bonds. The Morgan fingerprint density at radius 1 is 0.875 bits per heavy atom. The number of non-ortho nitro benzene ring substituents is 1. The van der Waals surface area contributed by atoms with Gasteiger partial charge in [-0.2, -0.15) is 0 Å². The lowest BCUT2D eigenvalue weighted by molar-refractivity contribution is -0.385. The molecule has 1 aliphatic rings. The molecule has 0 bridgehead atoms. The Kier molecular flexibility index (Phi) is 5.34. The molecule has 32 heavy (non-hydrogen) atoms. The normalized spacial score (nSPS) is 14.5. The predicted molar refractivity (Wildman–Crippen MR) is 121 cm³/mol. The Morgan fingerprint density at radius 3 is 2.19 bits per heavy atom. The molecule has 158 valence electrons. The summed E-state index contributed by atoms with van der Waals surface area (Å²) < 4.78 is 0. The minimum atomic E-state index is -0.489. The number of aryl methyl sites for hydroxylation is 1. The average molecular weight is 427 g/mol. The van der Waals surface area contributed by atoms with Gasteiger partial charge in [-0.05, 0) is 48.4 Å². The zero-order chi connectivity index (χ0) is 22.8. The average Bonchev–Trinajstić information content (AvgIpc) is 3.11. The minimum absolute atomic E-state index is 0.0426. The van der Waals surface area contributed by atoms with Gasteiger partial charge in [-0.3, -0.25) is 29.9 Å². The van der Waals surface area contributed by atoms with E-state index in [4.69, 9.17) is 0 Å². The standard InChI is InChI=1S/C24H17N3O5/c1-16-7-10-21(15-22(16)27(31)32)25-23(18-5-3-2-4-6-18)14-19(24(25)28)13-17-8-11-20(12-9-17)26(29)30/h2-15H,1H3. The number of rotatable bonds is 5. The van der Waals surface area contributed by atoms with E-state index in [-0.39, 0.29) is 17.3 Å². The van der Waals surface area contributed by atoms with Crippen molar-refractivity contribution in [1.82, 2.24) is 0 Å². The first-order valence-electron chi connectivity index (χ1n) is 9.68. The summed E-state index contributed by atoms with van der Waals surface area (Å²) in [5.41, 5.74) is 3.11. The van der Waals surface area contributed by atoms with Gasteiger partial charge in [0.15, 0.2) is 0 Å². The van der Waals surface area contributed by atoms with E-state index in [0.717, 1.165) is 5.56 Å². The van der Waals surface area contributed by atoms with Crippen LogP contribution in [0.5, 0.6) is 0 Å². The van der Waals surface area contributed by atoms with Gasteiger partial charge in [-0.1, -0.05) is 36.4 Å². The quantitative estimate of drug-likeness (QED) is 0.313. The van der Waals surface area contributed by atoms with Gasteiger partial charge in [-0.25, -0.2) is 0 Å². The lowest BCUT2D eigenvalue weighted by Gasteiger charge is -2.21. The van der Waals surface area contributed by atoms with E-state index in [1.54, 1.807) is 43.3 Å². The number of nitro groups is 2. The number of carbonyl (C=O) groups is 1. The van der Waals surface area contributed by atoms with Gasteiger partial charge in [-0.15, -0.1) is 0 Å². The first-order chi connectivity index (χ1) is 15.3. The van der Waals surface area contributed by atoms with Crippen molar-refractivity contribution in [3.8, 4) is 0 Å². The lowest BCUT2D eigenvalue weighted by Crippen LogP contribution is -2.25. The summed E-state index contributed by atoms with van der Waals surface area (Å²) >= 11 is 0. The molecule has 0 radical (unpaired) electrons. The summed E-state index contributed by atoms with van der Waals surface area (Å²) in [5, 5.41) is 22.3. The molecule has 0 spiro atoms. The van der Waals surface area contributed by atoms with Crippen LogP contribution in [0.25, 0.3) is 11.8 Å². The maximum Gasteiger partial charge on any atom is 0.274 e. The number of nitro benzene ring substituents is 2. The van der Waals surface area contributed by atoms with Gasteiger partial charge in [0.2, 0.25) is 0 Å². The van der Waals surface area contributed by atoms with Crippen molar-refractivity contribution in [2.45, 2.75) is 6.92 Å². The second-order valence-corrected chi connectivity index (χ2v) is 7.21. The first-order valence-corrected chi connectivity index (χ1v) is 9.68. The summed E-state index contributed by atoms with van der Waals surface area (Å²) in [5.74, 6) is -0.347. The number of hydrogen-bond acceptors (Lipinski definition) is 5. The van der Waals surface area contributed by atoms with E-state index in [2.05, 4.69) is 0 Å². The molecule has 3 aromatic carbocycles. The SMILES string of the molecule is Cc1ccc(N2C(=O)C(=Cc3ccc([N+](=O)[O-])cc3)C=C2c2ccccc2)cc1[N+](=O)[O-]. The summed E-state index contributed by atoms with van der Waals surface area (Å²) in [7, 11) is 0. The van der Waals surface area contributed by atoms with Crippen LogP contribution in [-0.2, 0) is 4.79 Å². The van der Waals surface area contributed by atoms with Crippen LogP contribution in [-0.4, -0.2) is 15.8 Å². The van der Waals surface area contributed by atoms with Crippen molar-refractivity contribution in [2.24, 2.45) is 0 Å². The van der Waals surface area contributed by atoms with Gasteiger partial charge >= 0.3 is 0 Å². The van der Waals surface area contributed by atoms with Gasteiger partial charge in [0.25, 0.3) is 17.3 Å². The maximum atomic E-state index is 13.4. The lowest BCUT2D eigenvalue weighted by atomic mass is 10.1. The highest BCUT2D eigenvalue weighted by Crippen LogP contribution is 2.37. The molecule has 1 aliphatic heterocycles. The molecule has 4 rings (SSSR count). The van der Waals surface area contributed by atoms with Crippen molar-refractivity contribution in [2.75, 3.05) is 4.90 Å². The Hall–Kier alpha value is -4.59. The molecule has 0 unspecified atom stereocenters. The zero-order valence-corrected chi connectivity index (χ0v) is 17.0. The molecular weight excluding hydrogens is 410 g/mol. The number of carbonyl (C=O) groups excluding carboxylic acids is 1. The largest absolute Gasteiger partial charge is 0.276 e. The third-order valence-corrected chi connectivity index (χ3v) is 5.13. The number of nitrogens with zero attached hydrogens (tertiary/aromatic N) is 3. The van der Waals surface area contributed by atoms with E-state index >= 15 is 0 Å². The van der Waals surface area contributed by atoms with E-state index < -0.39 is 9.85 Å². The summed E-state index contributed by atoms with van der Waals surface area (Å²) in [6.07, 6.45) is 3.35. The van der Waals surface area contributed by atoms with Gasteiger partial charge < -0.3 is 0 Å². The smallest absolute Gasteiger partial charge is 0.274 e. The van der Waals surface area contributed by atoms with Crippen LogP contribution < -0.4 is 4.90 Å². The van der Waals surface area contributed by atoms with E-state index in [1.165, 1.54) is 23.1 Å². The molecule has 8 heteroatoms. The fourth-order valence-electron chi connectivity index (χ4n) is 3.50. The minimum Gasteiger partial charge on any atom is -0.276 e. The summed E-state index contributed by atoms with van der Waals surface area (Å²) in [4.78, 5) is 36.2. The van der Waals surface area contributed by atoms with Crippen molar-refractivity contribution < 1.29 is 14.6 Å². The van der Waals surface area contributed by atoms with Crippen LogP contribution in [0.4, 0.5) is 17.1 Å². The number of anilines is 1. The second-order valence-electron chi connectivity index (χ2n) is 7.21. The van der Waals surface area contributed by atoms with Crippen LogP contribution in [0.15, 0.2) is 84.4 Å². The predicted octanol–water partition coefficient (Wildman–Crippen LogP) is 5.28. The Bertz CT molecular complexity index is 1290. The van der Waals surface area contributed by atoms with Gasteiger partial charge in [0.05, 0.1) is 21.2 Å². The second kappa shape index (κ2) is 8.27. The fraction of sp³-hybridized carbons (Fsp3) is 0.0417. The molecule has 3 aromatic rings. The van der Waals surface area contributed by atoms with Crippen molar-refractivity contribution in [1.29, 1.82) is 0 Å². The van der Waals surface area contributed by atoms with E-state index in [0.29, 0.717) is 28.1 Å². The third-order valence-electron chi connectivity index (χ3n) is 5.13. The fourth-order valence-corrected chi connectivity index (χ4v) is 3.50. The highest BCUT2D eigenvalue weighted by molar-refractivity contribution is 6.23. The van der Waals surface area contributed by atoms with Gasteiger partial charge in [0.1, 0.15) is 0 Å². The third kappa shape index (κ3) is 3.89. The highest BCUT2D eigenvalue weighted by Gasteiger charge is 2.31. The van der Waals surface area contributed by atoms with Crippen LogP contribution in [0.2, 0.25) is 0 Å². The molecular formula is C24H17N3O5. The number of benzene rings is 3. The number of amides is 1. The Morgan fingerprint density at radius 2 is 1.56 bits per heavy atom. The molecule has 0 atom stereocenters. The zero-order valence-electron chi connectivity index (χ0n) is 17.0. The molecule has 0 saturated heterocycles. The molecule has 8 nitrogen and oxygen atoms in total.